The fourth-order valence-corrected chi connectivity index (χ4v) is 3.88. The van der Waals surface area contributed by atoms with Gasteiger partial charge in [-0.05, 0) is 11.1 Å². The van der Waals surface area contributed by atoms with Crippen LogP contribution in [0.1, 0.15) is 21.7 Å². The maximum atomic E-state index is 12.9. The Morgan fingerprint density at radius 3 is 2.45 bits per heavy atom. The summed E-state index contributed by atoms with van der Waals surface area (Å²) < 4.78 is 1.76. The van der Waals surface area contributed by atoms with Crippen LogP contribution in [0.25, 0.3) is 22.4 Å². The van der Waals surface area contributed by atoms with Crippen molar-refractivity contribution in [2.75, 3.05) is 6.54 Å². The van der Waals surface area contributed by atoms with Crippen molar-refractivity contribution < 1.29 is 4.79 Å². The molecule has 29 heavy (non-hydrogen) atoms. The van der Waals surface area contributed by atoms with Gasteiger partial charge in [-0.3, -0.25) is 9.89 Å². The summed E-state index contributed by atoms with van der Waals surface area (Å²) >= 11 is 0. The molecule has 1 aliphatic rings. The lowest BCUT2D eigenvalue weighted by molar-refractivity contribution is 0.0725. The van der Waals surface area contributed by atoms with Crippen LogP contribution in [0.5, 0.6) is 0 Å². The standard InChI is InChI=1S/C23H21N5O/c1-27-15-24-13-21(27)23(29)28-12-11-20-19(14-28)22(26-25-20)18-9-7-17(8-10-18)16-5-3-2-4-6-16/h2-10,13,15H,11-12,14H2,1H3,(H,25,26). The van der Waals surface area contributed by atoms with Gasteiger partial charge >= 0.3 is 0 Å². The lowest BCUT2D eigenvalue weighted by Crippen LogP contribution is -2.36. The third kappa shape index (κ3) is 3.12. The molecule has 6 nitrogen and oxygen atoms in total. The van der Waals surface area contributed by atoms with Crippen LogP contribution in [-0.2, 0) is 20.0 Å². The van der Waals surface area contributed by atoms with Crippen molar-refractivity contribution in [3.05, 3.63) is 84.1 Å². The van der Waals surface area contributed by atoms with Crippen LogP contribution in [0.4, 0.5) is 0 Å². The summed E-state index contributed by atoms with van der Waals surface area (Å²) in [5, 5.41) is 7.74. The molecule has 0 spiro atoms. The number of aryl methyl sites for hydroxylation is 1. The zero-order chi connectivity index (χ0) is 19.8. The van der Waals surface area contributed by atoms with Crippen LogP contribution >= 0.6 is 0 Å². The van der Waals surface area contributed by atoms with E-state index in [1.165, 1.54) is 11.1 Å². The molecule has 4 aromatic rings. The molecule has 1 N–H and O–H groups in total. The number of hydrogen-bond donors (Lipinski definition) is 1. The lowest BCUT2D eigenvalue weighted by Gasteiger charge is -2.27. The lowest BCUT2D eigenvalue weighted by atomic mass is 9.98. The van der Waals surface area contributed by atoms with Crippen molar-refractivity contribution in [2.24, 2.45) is 7.05 Å². The van der Waals surface area contributed by atoms with Gasteiger partial charge in [-0.25, -0.2) is 4.98 Å². The smallest absolute Gasteiger partial charge is 0.272 e. The fraction of sp³-hybridized carbons (Fsp3) is 0.174. The van der Waals surface area contributed by atoms with E-state index in [2.05, 4.69) is 51.6 Å². The fourth-order valence-electron chi connectivity index (χ4n) is 3.88. The average Bonchev–Trinajstić information content (AvgIpc) is 3.39. The summed E-state index contributed by atoms with van der Waals surface area (Å²) in [6.07, 6.45) is 4.05. The van der Waals surface area contributed by atoms with Gasteiger partial charge in [-0.15, -0.1) is 0 Å². The van der Waals surface area contributed by atoms with E-state index in [1.54, 1.807) is 17.1 Å². The molecule has 0 atom stereocenters. The van der Waals surface area contributed by atoms with Crippen molar-refractivity contribution in [3.8, 4) is 22.4 Å². The summed E-state index contributed by atoms with van der Waals surface area (Å²) in [5.74, 6) is 0.00206. The highest BCUT2D eigenvalue weighted by Crippen LogP contribution is 2.30. The van der Waals surface area contributed by atoms with Gasteiger partial charge in [0.1, 0.15) is 5.69 Å². The highest BCUT2D eigenvalue weighted by molar-refractivity contribution is 5.92. The molecule has 6 heteroatoms. The van der Waals surface area contributed by atoms with E-state index in [-0.39, 0.29) is 5.91 Å². The summed E-state index contributed by atoms with van der Waals surface area (Å²) in [6.45, 7) is 1.22. The van der Waals surface area contributed by atoms with Crippen LogP contribution in [0.15, 0.2) is 67.1 Å². The van der Waals surface area contributed by atoms with E-state index in [0.29, 0.717) is 18.8 Å². The molecule has 5 rings (SSSR count). The molecule has 0 radical (unpaired) electrons. The number of nitrogens with zero attached hydrogens (tertiary/aromatic N) is 4. The maximum absolute atomic E-state index is 12.9. The Labute approximate surface area is 168 Å². The summed E-state index contributed by atoms with van der Waals surface area (Å²) in [4.78, 5) is 18.8. The highest BCUT2D eigenvalue weighted by Gasteiger charge is 2.27. The van der Waals surface area contributed by atoms with Crippen molar-refractivity contribution in [1.82, 2.24) is 24.6 Å². The van der Waals surface area contributed by atoms with Crippen molar-refractivity contribution in [2.45, 2.75) is 13.0 Å². The van der Waals surface area contributed by atoms with Gasteiger partial charge in [0.15, 0.2) is 0 Å². The predicted octanol–water partition coefficient (Wildman–Crippen LogP) is 3.68. The molecule has 0 unspecified atom stereocenters. The number of benzene rings is 2. The Morgan fingerprint density at radius 2 is 1.72 bits per heavy atom. The first-order chi connectivity index (χ1) is 14.2. The van der Waals surface area contributed by atoms with Crippen LogP contribution in [0.3, 0.4) is 0 Å². The molecule has 1 amide bonds. The van der Waals surface area contributed by atoms with E-state index in [4.69, 9.17) is 0 Å². The third-order valence-electron chi connectivity index (χ3n) is 5.52. The highest BCUT2D eigenvalue weighted by atomic mass is 16.2. The van der Waals surface area contributed by atoms with Gasteiger partial charge in [0, 0.05) is 36.8 Å². The molecular formula is C23H21N5O. The zero-order valence-electron chi connectivity index (χ0n) is 16.2. The number of aromatic amines is 1. The number of aromatic nitrogens is 4. The van der Waals surface area contributed by atoms with E-state index >= 15 is 0 Å². The summed E-state index contributed by atoms with van der Waals surface area (Å²) in [5.41, 5.74) is 7.15. The van der Waals surface area contributed by atoms with Crippen LogP contribution in [0.2, 0.25) is 0 Å². The van der Waals surface area contributed by atoms with Crippen molar-refractivity contribution in [1.29, 1.82) is 0 Å². The number of carbonyl (C=O) groups excluding carboxylic acids is 1. The first-order valence-corrected chi connectivity index (χ1v) is 9.68. The molecule has 144 valence electrons. The normalized spacial score (nSPS) is 13.3. The SMILES string of the molecule is Cn1cncc1C(=O)N1CCc2[nH]nc(-c3ccc(-c4ccccc4)cc3)c2C1. The summed E-state index contributed by atoms with van der Waals surface area (Å²) in [6, 6.07) is 18.7. The van der Waals surface area contributed by atoms with Crippen LogP contribution in [0, 0.1) is 0 Å². The molecule has 1 aliphatic heterocycles. The number of amides is 1. The Balaban J connectivity index is 1.42. The number of nitrogens with one attached hydrogen (secondary N) is 1. The van der Waals surface area contributed by atoms with E-state index in [0.717, 1.165) is 28.9 Å². The first-order valence-electron chi connectivity index (χ1n) is 9.68. The second kappa shape index (κ2) is 7.05. The number of fused-ring (bicyclic) bond motifs is 1. The largest absolute Gasteiger partial charge is 0.332 e. The summed E-state index contributed by atoms with van der Waals surface area (Å²) in [7, 11) is 1.84. The third-order valence-corrected chi connectivity index (χ3v) is 5.52. The van der Waals surface area contributed by atoms with Gasteiger partial charge in [-0.1, -0.05) is 54.6 Å². The molecule has 2 aromatic carbocycles. The van der Waals surface area contributed by atoms with Gasteiger partial charge in [0.2, 0.25) is 0 Å². The number of carbonyl (C=O) groups is 1. The molecular weight excluding hydrogens is 362 g/mol. The Morgan fingerprint density at radius 1 is 1.00 bits per heavy atom. The maximum Gasteiger partial charge on any atom is 0.272 e. The van der Waals surface area contributed by atoms with Gasteiger partial charge in [0.25, 0.3) is 5.91 Å². The topological polar surface area (TPSA) is 66.8 Å². The second-order valence-electron chi connectivity index (χ2n) is 7.34. The van der Waals surface area contributed by atoms with E-state index < -0.39 is 0 Å². The van der Waals surface area contributed by atoms with Crippen LogP contribution < -0.4 is 0 Å². The molecule has 0 bridgehead atoms. The Bertz CT molecular complexity index is 1160. The predicted molar refractivity (Wildman–Crippen MR) is 111 cm³/mol. The quantitative estimate of drug-likeness (QED) is 0.587. The molecule has 3 heterocycles. The van der Waals surface area contributed by atoms with Crippen LogP contribution in [-0.4, -0.2) is 37.1 Å². The number of rotatable bonds is 3. The second-order valence-corrected chi connectivity index (χ2v) is 7.34. The monoisotopic (exact) mass is 383 g/mol. The van der Waals surface area contributed by atoms with E-state index in [1.807, 2.05) is 30.1 Å². The van der Waals surface area contributed by atoms with E-state index in [9.17, 15) is 4.79 Å². The van der Waals surface area contributed by atoms with Crippen molar-refractivity contribution in [3.63, 3.8) is 0 Å². The van der Waals surface area contributed by atoms with Crippen molar-refractivity contribution >= 4 is 5.91 Å². The zero-order valence-corrected chi connectivity index (χ0v) is 16.2. The van der Waals surface area contributed by atoms with Gasteiger partial charge in [0.05, 0.1) is 24.8 Å². The average molecular weight is 383 g/mol. The number of hydrogen-bond acceptors (Lipinski definition) is 3. The van der Waals surface area contributed by atoms with Gasteiger partial charge in [-0.2, -0.15) is 5.10 Å². The molecule has 0 fully saturated rings. The number of H-pyrrole nitrogens is 1. The molecule has 0 aliphatic carbocycles. The Hall–Kier alpha value is -3.67. The molecule has 0 saturated heterocycles. The minimum Gasteiger partial charge on any atom is -0.332 e. The molecule has 0 saturated carbocycles. The van der Waals surface area contributed by atoms with Gasteiger partial charge < -0.3 is 9.47 Å². The minimum atomic E-state index is 0.00206. The minimum absolute atomic E-state index is 0.00206. The Kier molecular flexibility index (Phi) is 4.24. The molecule has 2 aromatic heterocycles. The number of imidazole rings is 1. The first kappa shape index (κ1) is 17.4.